The molecule has 3 rings (SSSR count). The molecule has 88 valence electrons. The molecule has 1 N–H and O–H groups in total. The normalized spacial score (nSPS) is 19.9. The van der Waals surface area contributed by atoms with Gasteiger partial charge in [0.05, 0.1) is 23.4 Å². The molecule has 2 heterocycles. The van der Waals surface area contributed by atoms with E-state index in [4.69, 9.17) is 0 Å². The number of nitrogens with zero attached hydrogens (tertiary/aromatic N) is 2. The van der Waals surface area contributed by atoms with E-state index in [2.05, 4.69) is 26.2 Å². The predicted molar refractivity (Wildman–Crippen MR) is 70.0 cm³/mol. The van der Waals surface area contributed by atoms with E-state index in [-0.39, 0.29) is 11.7 Å². The van der Waals surface area contributed by atoms with Gasteiger partial charge in [-0.15, -0.1) is 0 Å². The molecular weight excluding hydrogens is 282 g/mol. The van der Waals surface area contributed by atoms with Gasteiger partial charge < -0.3 is 0 Å². The second kappa shape index (κ2) is 4.23. The number of rotatable bonds is 1. The molecule has 1 unspecified atom stereocenters. The fraction of sp³-hybridized carbons (Fsp3) is 0.333. The van der Waals surface area contributed by atoms with Gasteiger partial charge in [-0.25, -0.2) is 4.98 Å². The highest BCUT2D eigenvalue weighted by atomic mass is 79.9. The first-order valence-corrected chi connectivity index (χ1v) is 6.45. The quantitative estimate of drug-likeness (QED) is 0.875. The topological polar surface area (TPSA) is 46.9 Å². The van der Waals surface area contributed by atoms with E-state index in [0.717, 1.165) is 29.4 Å². The average molecular weight is 294 g/mol. The van der Waals surface area contributed by atoms with Crippen LogP contribution >= 0.6 is 15.9 Å². The second-order valence-electron chi connectivity index (χ2n) is 4.23. The van der Waals surface area contributed by atoms with Gasteiger partial charge in [0.25, 0.3) is 5.56 Å². The van der Waals surface area contributed by atoms with E-state index in [1.54, 1.807) is 10.9 Å². The lowest BCUT2D eigenvalue weighted by molar-refractivity contribution is 0.453. The third-order valence-electron chi connectivity index (χ3n) is 3.12. The Kier molecular flexibility index (Phi) is 2.72. The van der Waals surface area contributed by atoms with Crippen molar-refractivity contribution in [2.75, 3.05) is 6.54 Å². The molecule has 2 aromatic rings. The van der Waals surface area contributed by atoms with Crippen molar-refractivity contribution in [2.45, 2.75) is 19.0 Å². The van der Waals surface area contributed by atoms with Gasteiger partial charge in [0, 0.05) is 4.47 Å². The van der Waals surface area contributed by atoms with E-state index in [9.17, 15) is 4.79 Å². The molecule has 4 nitrogen and oxygen atoms in total. The minimum Gasteiger partial charge on any atom is -0.297 e. The number of nitrogens with one attached hydrogen (secondary N) is 1. The SMILES string of the molecule is O=c1c2ccc(Br)cc2ncn1C1CCCN1. The highest BCUT2D eigenvalue weighted by Gasteiger charge is 2.17. The number of benzene rings is 1. The summed E-state index contributed by atoms with van der Waals surface area (Å²) < 4.78 is 2.64. The van der Waals surface area contributed by atoms with E-state index >= 15 is 0 Å². The van der Waals surface area contributed by atoms with E-state index in [1.165, 1.54) is 0 Å². The lowest BCUT2D eigenvalue weighted by Crippen LogP contribution is -2.30. The first-order chi connectivity index (χ1) is 8.25. The van der Waals surface area contributed by atoms with Crippen molar-refractivity contribution < 1.29 is 0 Å². The van der Waals surface area contributed by atoms with Gasteiger partial charge in [-0.2, -0.15) is 0 Å². The Balaban J connectivity index is 2.18. The third-order valence-corrected chi connectivity index (χ3v) is 3.61. The number of fused-ring (bicyclic) bond motifs is 1. The van der Waals surface area contributed by atoms with Crippen LogP contribution in [0.25, 0.3) is 10.9 Å². The van der Waals surface area contributed by atoms with Crippen molar-refractivity contribution in [3.05, 3.63) is 39.4 Å². The van der Waals surface area contributed by atoms with E-state index in [1.807, 2.05) is 18.2 Å². The first kappa shape index (κ1) is 10.9. The van der Waals surface area contributed by atoms with Gasteiger partial charge in [0.15, 0.2) is 0 Å². The summed E-state index contributed by atoms with van der Waals surface area (Å²) in [6.45, 7) is 0.968. The summed E-state index contributed by atoms with van der Waals surface area (Å²) in [6, 6.07) is 5.56. The fourth-order valence-electron chi connectivity index (χ4n) is 2.23. The highest BCUT2D eigenvalue weighted by molar-refractivity contribution is 9.10. The molecule has 1 fully saturated rings. The molecule has 1 atom stereocenters. The Morgan fingerprint density at radius 3 is 3.12 bits per heavy atom. The van der Waals surface area contributed by atoms with Gasteiger partial charge in [-0.05, 0) is 37.6 Å². The monoisotopic (exact) mass is 293 g/mol. The molecule has 1 aromatic heterocycles. The lowest BCUT2D eigenvalue weighted by atomic mass is 10.2. The first-order valence-electron chi connectivity index (χ1n) is 5.65. The summed E-state index contributed by atoms with van der Waals surface area (Å²) in [5, 5.41) is 3.97. The summed E-state index contributed by atoms with van der Waals surface area (Å²) >= 11 is 3.38. The molecule has 0 radical (unpaired) electrons. The standard InChI is InChI=1S/C12H12BrN3O/c13-8-3-4-9-10(6-8)15-7-16(12(9)17)11-2-1-5-14-11/h3-4,6-7,11,14H,1-2,5H2. The molecule has 0 spiro atoms. The maximum Gasteiger partial charge on any atom is 0.262 e. The van der Waals surface area contributed by atoms with Crippen LogP contribution in [0.2, 0.25) is 0 Å². The van der Waals surface area contributed by atoms with E-state index < -0.39 is 0 Å². The van der Waals surface area contributed by atoms with Gasteiger partial charge >= 0.3 is 0 Å². The van der Waals surface area contributed by atoms with Crippen LogP contribution < -0.4 is 10.9 Å². The Hall–Kier alpha value is -1.20. The molecule has 0 amide bonds. The summed E-state index contributed by atoms with van der Waals surface area (Å²) in [6.07, 6.45) is 3.84. The molecule has 1 saturated heterocycles. The molecule has 17 heavy (non-hydrogen) atoms. The second-order valence-corrected chi connectivity index (χ2v) is 5.15. The summed E-state index contributed by atoms with van der Waals surface area (Å²) in [5.74, 6) is 0. The van der Waals surface area contributed by atoms with Crippen LogP contribution in [0.5, 0.6) is 0 Å². The molecule has 5 heteroatoms. The molecule has 0 bridgehead atoms. The maximum atomic E-state index is 12.3. The van der Waals surface area contributed by atoms with Crippen LogP contribution in [0.15, 0.2) is 33.8 Å². The molecular formula is C12H12BrN3O. The number of hydrogen-bond acceptors (Lipinski definition) is 3. The Labute approximate surface area is 107 Å². The lowest BCUT2D eigenvalue weighted by Gasteiger charge is -2.13. The highest BCUT2D eigenvalue weighted by Crippen LogP contribution is 2.18. The van der Waals surface area contributed by atoms with Gasteiger partial charge in [-0.3, -0.25) is 14.7 Å². The molecule has 1 aliphatic rings. The zero-order chi connectivity index (χ0) is 11.8. The van der Waals surface area contributed by atoms with Crippen LogP contribution in [-0.2, 0) is 0 Å². The fourth-order valence-corrected chi connectivity index (χ4v) is 2.58. The summed E-state index contributed by atoms with van der Waals surface area (Å²) in [4.78, 5) is 16.6. The zero-order valence-corrected chi connectivity index (χ0v) is 10.8. The maximum absolute atomic E-state index is 12.3. The van der Waals surface area contributed by atoms with Crippen molar-refractivity contribution in [3.8, 4) is 0 Å². The van der Waals surface area contributed by atoms with E-state index in [0.29, 0.717) is 5.39 Å². The van der Waals surface area contributed by atoms with Crippen molar-refractivity contribution in [1.29, 1.82) is 0 Å². The van der Waals surface area contributed by atoms with Crippen LogP contribution in [0.4, 0.5) is 0 Å². The minimum atomic E-state index is 0.0295. The van der Waals surface area contributed by atoms with Crippen molar-refractivity contribution in [1.82, 2.24) is 14.9 Å². The molecule has 0 aliphatic carbocycles. The largest absolute Gasteiger partial charge is 0.297 e. The predicted octanol–water partition coefficient (Wildman–Crippen LogP) is 2.04. The van der Waals surface area contributed by atoms with Crippen molar-refractivity contribution in [3.63, 3.8) is 0 Å². The Bertz CT molecular complexity index is 617. The molecule has 1 aromatic carbocycles. The summed E-state index contributed by atoms with van der Waals surface area (Å²) in [5.41, 5.74) is 0.764. The Morgan fingerprint density at radius 2 is 2.35 bits per heavy atom. The van der Waals surface area contributed by atoms with Crippen molar-refractivity contribution >= 4 is 26.8 Å². The van der Waals surface area contributed by atoms with Gasteiger partial charge in [-0.1, -0.05) is 15.9 Å². The number of halogens is 1. The number of hydrogen-bond donors (Lipinski definition) is 1. The van der Waals surface area contributed by atoms with Gasteiger partial charge in [0.1, 0.15) is 0 Å². The summed E-state index contributed by atoms with van der Waals surface area (Å²) in [7, 11) is 0. The van der Waals surface area contributed by atoms with Crippen molar-refractivity contribution in [2.24, 2.45) is 0 Å². The third kappa shape index (κ3) is 1.89. The smallest absolute Gasteiger partial charge is 0.262 e. The van der Waals surface area contributed by atoms with Gasteiger partial charge in [0.2, 0.25) is 0 Å². The average Bonchev–Trinajstić information content (AvgIpc) is 2.82. The van der Waals surface area contributed by atoms with Crippen LogP contribution in [-0.4, -0.2) is 16.1 Å². The number of aromatic nitrogens is 2. The van der Waals surface area contributed by atoms with Crippen LogP contribution in [0, 0.1) is 0 Å². The zero-order valence-electron chi connectivity index (χ0n) is 9.19. The minimum absolute atomic E-state index is 0.0295. The molecule has 0 saturated carbocycles. The van der Waals surface area contributed by atoms with Crippen LogP contribution in [0.3, 0.4) is 0 Å². The van der Waals surface area contributed by atoms with Crippen LogP contribution in [0.1, 0.15) is 19.0 Å². The Morgan fingerprint density at radius 1 is 1.47 bits per heavy atom. The molecule has 1 aliphatic heterocycles.